The first-order valence-corrected chi connectivity index (χ1v) is 11.7. The predicted octanol–water partition coefficient (Wildman–Crippen LogP) is 4.43. The van der Waals surface area contributed by atoms with Gasteiger partial charge in [-0.2, -0.15) is 0 Å². The van der Waals surface area contributed by atoms with Gasteiger partial charge < -0.3 is 14.2 Å². The van der Waals surface area contributed by atoms with E-state index in [1.54, 1.807) is 36.3 Å². The van der Waals surface area contributed by atoms with Gasteiger partial charge in [0.25, 0.3) is 5.91 Å². The molecule has 2 heterocycles. The summed E-state index contributed by atoms with van der Waals surface area (Å²) in [5, 5.41) is 1.26. The molecule has 4 rings (SSSR count). The highest BCUT2D eigenvalue weighted by Crippen LogP contribution is 2.36. The number of methoxy groups -OCH3 is 1. The lowest BCUT2D eigenvalue weighted by atomic mass is 10.2. The Kier molecular flexibility index (Phi) is 9.17. The van der Waals surface area contributed by atoms with E-state index >= 15 is 0 Å². The van der Waals surface area contributed by atoms with E-state index in [2.05, 4.69) is 4.90 Å². The van der Waals surface area contributed by atoms with Gasteiger partial charge in [-0.05, 0) is 42.8 Å². The van der Waals surface area contributed by atoms with Crippen LogP contribution >= 0.6 is 35.3 Å². The number of aromatic nitrogens is 1. The van der Waals surface area contributed by atoms with Crippen molar-refractivity contribution >= 4 is 56.6 Å². The monoisotopic (exact) mass is 511 g/mol. The van der Waals surface area contributed by atoms with Gasteiger partial charge >= 0.3 is 0 Å². The molecule has 1 aromatic heterocycles. The summed E-state index contributed by atoms with van der Waals surface area (Å²) in [6.45, 7) is 6.35. The summed E-state index contributed by atoms with van der Waals surface area (Å²) in [4.78, 5) is 22.0. The van der Waals surface area contributed by atoms with E-state index in [9.17, 15) is 4.79 Å². The van der Waals surface area contributed by atoms with Crippen molar-refractivity contribution in [3.8, 4) is 11.5 Å². The third kappa shape index (κ3) is 6.28. The molecule has 1 saturated heterocycles. The normalized spacial score (nSPS) is 14.0. The van der Waals surface area contributed by atoms with Crippen molar-refractivity contribution in [1.29, 1.82) is 0 Å². The molecule has 1 aliphatic heterocycles. The zero-order valence-electron chi connectivity index (χ0n) is 18.6. The van der Waals surface area contributed by atoms with Crippen LogP contribution in [0.2, 0.25) is 5.02 Å². The van der Waals surface area contributed by atoms with Gasteiger partial charge in [0.1, 0.15) is 17.0 Å². The number of amides is 1. The summed E-state index contributed by atoms with van der Waals surface area (Å²) < 4.78 is 17.7. The minimum Gasteiger partial charge on any atom is -0.494 e. The SMILES string of the molecule is COc1ccc(C)c2sc(N(CCN3CCOCC3)C(=O)COc3ccc(Cl)cc3)nc12.Cl. The van der Waals surface area contributed by atoms with Gasteiger partial charge in [0, 0.05) is 31.2 Å². The van der Waals surface area contributed by atoms with E-state index in [4.69, 9.17) is 30.8 Å². The van der Waals surface area contributed by atoms with E-state index < -0.39 is 0 Å². The Morgan fingerprint density at radius 1 is 1.21 bits per heavy atom. The number of carbonyl (C=O) groups excluding carboxylic acids is 1. The summed E-state index contributed by atoms with van der Waals surface area (Å²) in [7, 11) is 1.63. The molecule has 0 aliphatic carbocycles. The number of rotatable bonds is 8. The van der Waals surface area contributed by atoms with Crippen LogP contribution in [0.15, 0.2) is 36.4 Å². The second kappa shape index (κ2) is 11.9. The molecular formula is C23H27Cl2N3O4S. The van der Waals surface area contributed by atoms with Crippen molar-refractivity contribution in [3.05, 3.63) is 47.0 Å². The lowest BCUT2D eigenvalue weighted by Gasteiger charge is -2.29. The fourth-order valence-electron chi connectivity index (χ4n) is 3.53. The van der Waals surface area contributed by atoms with Gasteiger partial charge in [0.2, 0.25) is 0 Å². The van der Waals surface area contributed by atoms with Crippen LogP contribution in [0.3, 0.4) is 0 Å². The van der Waals surface area contributed by atoms with Crippen LogP contribution in [-0.4, -0.2) is 68.9 Å². The molecular weight excluding hydrogens is 485 g/mol. The number of nitrogens with zero attached hydrogens (tertiary/aromatic N) is 3. The first-order chi connectivity index (χ1) is 15.5. The number of hydrogen-bond acceptors (Lipinski definition) is 7. The maximum Gasteiger partial charge on any atom is 0.266 e. The lowest BCUT2D eigenvalue weighted by molar-refractivity contribution is -0.120. The van der Waals surface area contributed by atoms with Crippen molar-refractivity contribution < 1.29 is 19.0 Å². The molecule has 3 aromatic rings. The second-order valence-electron chi connectivity index (χ2n) is 7.50. The van der Waals surface area contributed by atoms with Crippen molar-refractivity contribution in [2.24, 2.45) is 0 Å². The predicted molar refractivity (Wildman–Crippen MR) is 135 cm³/mol. The van der Waals surface area contributed by atoms with Gasteiger partial charge in [0.15, 0.2) is 11.7 Å². The van der Waals surface area contributed by atoms with Gasteiger partial charge in [-0.25, -0.2) is 4.98 Å². The standard InChI is InChI=1S/C23H26ClN3O4S.ClH/c1-16-3-8-19(29-2)21-22(16)32-23(25-21)27(10-9-26-11-13-30-14-12-26)20(28)15-31-18-6-4-17(24)5-7-18;/h3-8H,9-15H2,1-2H3;1H. The molecule has 0 atom stereocenters. The first-order valence-electron chi connectivity index (χ1n) is 10.5. The highest BCUT2D eigenvalue weighted by molar-refractivity contribution is 7.22. The van der Waals surface area contributed by atoms with Crippen LogP contribution in [0.4, 0.5) is 5.13 Å². The van der Waals surface area contributed by atoms with Crippen molar-refractivity contribution in [1.82, 2.24) is 9.88 Å². The average molecular weight is 512 g/mol. The van der Waals surface area contributed by atoms with Crippen LogP contribution in [-0.2, 0) is 9.53 Å². The number of anilines is 1. The van der Waals surface area contributed by atoms with Crippen LogP contribution < -0.4 is 14.4 Å². The number of halogens is 2. The number of carbonyl (C=O) groups is 1. The zero-order valence-corrected chi connectivity index (χ0v) is 21.0. The molecule has 2 aromatic carbocycles. The highest BCUT2D eigenvalue weighted by atomic mass is 35.5. The fourth-order valence-corrected chi connectivity index (χ4v) is 4.75. The molecule has 178 valence electrons. The Bertz CT molecular complexity index is 1070. The third-order valence-electron chi connectivity index (χ3n) is 5.36. The molecule has 33 heavy (non-hydrogen) atoms. The van der Waals surface area contributed by atoms with E-state index in [0.29, 0.717) is 41.4 Å². The van der Waals surface area contributed by atoms with E-state index in [1.807, 2.05) is 19.1 Å². The largest absolute Gasteiger partial charge is 0.494 e. The zero-order chi connectivity index (χ0) is 22.5. The van der Waals surface area contributed by atoms with Crippen LogP contribution in [0, 0.1) is 6.92 Å². The number of ether oxygens (including phenoxy) is 3. The second-order valence-corrected chi connectivity index (χ2v) is 8.91. The highest BCUT2D eigenvalue weighted by Gasteiger charge is 2.23. The van der Waals surface area contributed by atoms with Gasteiger partial charge in [0.05, 0.1) is 25.0 Å². The summed E-state index contributed by atoms with van der Waals surface area (Å²) in [5.41, 5.74) is 1.87. The summed E-state index contributed by atoms with van der Waals surface area (Å²) >= 11 is 7.43. The molecule has 0 unspecified atom stereocenters. The molecule has 1 aliphatic rings. The Balaban J connectivity index is 0.00000306. The molecule has 1 fully saturated rings. The average Bonchev–Trinajstić information content (AvgIpc) is 3.26. The first kappa shape index (κ1) is 25.5. The minimum atomic E-state index is -0.149. The number of thiazole rings is 1. The Morgan fingerprint density at radius 2 is 1.94 bits per heavy atom. The Morgan fingerprint density at radius 3 is 2.64 bits per heavy atom. The molecule has 7 nitrogen and oxygen atoms in total. The maximum absolute atomic E-state index is 13.2. The lowest BCUT2D eigenvalue weighted by Crippen LogP contribution is -2.44. The molecule has 0 bridgehead atoms. The van der Waals surface area contributed by atoms with Crippen LogP contribution in [0.1, 0.15) is 5.56 Å². The fraction of sp³-hybridized carbons (Fsp3) is 0.391. The number of fused-ring (bicyclic) bond motifs is 1. The van der Waals surface area contributed by atoms with E-state index in [-0.39, 0.29) is 24.9 Å². The smallest absolute Gasteiger partial charge is 0.266 e. The van der Waals surface area contributed by atoms with E-state index in [0.717, 1.165) is 35.4 Å². The Hall–Kier alpha value is -2.10. The van der Waals surface area contributed by atoms with Crippen molar-refractivity contribution in [2.75, 3.05) is 58.0 Å². The van der Waals surface area contributed by atoms with Gasteiger partial charge in [-0.1, -0.05) is 29.0 Å². The molecule has 1 amide bonds. The topological polar surface area (TPSA) is 64.1 Å². The van der Waals surface area contributed by atoms with Crippen LogP contribution in [0.25, 0.3) is 10.2 Å². The maximum atomic E-state index is 13.2. The number of morpholine rings is 1. The number of hydrogen-bond donors (Lipinski definition) is 0. The molecule has 0 spiro atoms. The van der Waals surface area contributed by atoms with Crippen LogP contribution in [0.5, 0.6) is 11.5 Å². The minimum absolute atomic E-state index is 0. The quantitative estimate of drug-likeness (QED) is 0.445. The van der Waals surface area contributed by atoms with Crippen molar-refractivity contribution in [2.45, 2.75) is 6.92 Å². The molecule has 0 radical (unpaired) electrons. The molecule has 0 saturated carbocycles. The Labute approximate surface area is 208 Å². The molecule has 0 N–H and O–H groups in total. The van der Waals surface area contributed by atoms with Crippen molar-refractivity contribution in [3.63, 3.8) is 0 Å². The molecule has 10 heteroatoms. The summed E-state index contributed by atoms with van der Waals surface area (Å²) in [6.07, 6.45) is 0. The van der Waals surface area contributed by atoms with Gasteiger partial charge in [-0.3, -0.25) is 14.6 Å². The number of benzene rings is 2. The number of aryl methyl sites for hydroxylation is 1. The third-order valence-corrected chi connectivity index (χ3v) is 6.83. The van der Waals surface area contributed by atoms with Gasteiger partial charge in [-0.15, -0.1) is 12.4 Å². The summed E-state index contributed by atoms with van der Waals surface area (Å²) in [6, 6.07) is 10.9. The van der Waals surface area contributed by atoms with E-state index in [1.165, 1.54) is 11.3 Å². The summed E-state index contributed by atoms with van der Waals surface area (Å²) in [5.74, 6) is 1.15.